The Morgan fingerprint density at radius 1 is 1.06 bits per heavy atom. The molecule has 4 aromatic rings. The second-order valence-electron chi connectivity index (χ2n) is 6.46. The van der Waals surface area contributed by atoms with Crippen molar-refractivity contribution in [3.8, 4) is 28.5 Å². The van der Waals surface area contributed by atoms with E-state index in [9.17, 15) is 25.4 Å². The monoisotopic (exact) mass is 449 g/mol. The zero-order valence-electron chi connectivity index (χ0n) is 16.2. The van der Waals surface area contributed by atoms with Crippen LogP contribution in [0.5, 0.6) is 17.2 Å². The van der Waals surface area contributed by atoms with Crippen LogP contribution in [0.3, 0.4) is 0 Å². The molecule has 0 amide bonds. The molecule has 4 rings (SSSR count). The predicted octanol–water partition coefficient (Wildman–Crippen LogP) is 3.75. The zero-order chi connectivity index (χ0) is 22.7. The highest BCUT2D eigenvalue weighted by molar-refractivity contribution is 7.07. The van der Waals surface area contributed by atoms with Gasteiger partial charge in [0.05, 0.1) is 28.7 Å². The molecule has 2 aromatic carbocycles. The van der Waals surface area contributed by atoms with Gasteiger partial charge in [0.2, 0.25) is 10.6 Å². The maximum atomic E-state index is 11.0. The number of thiazole rings is 1. The van der Waals surface area contributed by atoms with E-state index in [1.165, 1.54) is 46.5 Å². The number of nitro benzene ring substituents is 1. The normalized spacial score (nSPS) is 11.8. The molecule has 10 nitrogen and oxygen atoms in total. The van der Waals surface area contributed by atoms with Gasteiger partial charge in [-0.25, -0.2) is 9.67 Å². The highest BCUT2D eigenvalue weighted by Gasteiger charge is 2.12. The van der Waals surface area contributed by atoms with Crippen LogP contribution in [0.1, 0.15) is 5.56 Å². The predicted molar refractivity (Wildman–Crippen MR) is 118 cm³/mol. The molecule has 0 saturated heterocycles. The molecule has 0 fully saturated rings. The number of non-ortho nitro benzene ring substituents is 1. The summed E-state index contributed by atoms with van der Waals surface area (Å²) >= 11 is 1.29. The van der Waals surface area contributed by atoms with E-state index in [1.807, 2.05) is 0 Å². The van der Waals surface area contributed by atoms with Crippen LogP contribution >= 0.6 is 11.3 Å². The summed E-state index contributed by atoms with van der Waals surface area (Å²) in [5.74, 6) is -1.63. The number of hydrogen-bond acceptors (Lipinski definition) is 9. The molecule has 0 bridgehead atoms. The number of aromatic nitrogens is 2. The lowest BCUT2D eigenvalue weighted by Crippen LogP contribution is -2.11. The number of phenols is 3. The van der Waals surface area contributed by atoms with Crippen LogP contribution in [0.2, 0.25) is 0 Å². The molecule has 0 atom stereocenters. The van der Waals surface area contributed by atoms with E-state index in [1.54, 1.807) is 42.0 Å². The van der Waals surface area contributed by atoms with Crippen LogP contribution < -0.4 is 4.80 Å². The van der Waals surface area contributed by atoms with Gasteiger partial charge >= 0.3 is 0 Å². The fourth-order valence-corrected chi connectivity index (χ4v) is 3.64. The Morgan fingerprint density at radius 2 is 1.84 bits per heavy atom. The minimum atomic E-state index is -0.653. The Bertz CT molecular complexity index is 1380. The van der Waals surface area contributed by atoms with Gasteiger partial charge in [-0.3, -0.25) is 15.1 Å². The standard InChI is InChI=1S/C21H15N5O5S/c27-18-8-5-14(19(28)20(18)29)10-23-25-17(13-3-6-16(7-4-13)26(30)31)12-32-21(25)24-15-2-1-9-22-11-15/h1-12,27-29H. The molecule has 3 N–H and O–H groups in total. The third kappa shape index (κ3) is 4.18. The minimum absolute atomic E-state index is 0.0382. The van der Waals surface area contributed by atoms with E-state index in [0.717, 1.165) is 0 Å². The van der Waals surface area contributed by atoms with Crippen LogP contribution in [0.4, 0.5) is 11.4 Å². The highest BCUT2D eigenvalue weighted by Crippen LogP contribution is 2.36. The lowest BCUT2D eigenvalue weighted by Gasteiger charge is -2.05. The second kappa shape index (κ2) is 8.70. The summed E-state index contributed by atoms with van der Waals surface area (Å²) < 4.78 is 1.50. The molecule has 0 saturated carbocycles. The number of aromatic hydroxyl groups is 3. The van der Waals surface area contributed by atoms with Crippen LogP contribution in [-0.4, -0.2) is 36.1 Å². The molecular formula is C21H15N5O5S. The zero-order valence-corrected chi connectivity index (χ0v) is 17.0. The lowest BCUT2D eigenvalue weighted by molar-refractivity contribution is -0.384. The van der Waals surface area contributed by atoms with E-state index in [2.05, 4.69) is 15.1 Å². The molecule has 0 aliphatic carbocycles. The summed E-state index contributed by atoms with van der Waals surface area (Å²) in [6.07, 6.45) is 4.52. The summed E-state index contributed by atoms with van der Waals surface area (Å²) in [6, 6.07) is 12.1. The third-order valence-corrected chi connectivity index (χ3v) is 5.22. The molecule has 2 aromatic heterocycles. The van der Waals surface area contributed by atoms with Gasteiger partial charge in [0.1, 0.15) is 0 Å². The van der Waals surface area contributed by atoms with Crippen molar-refractivity contribution in [2.75, 3.05) is 0 Å². The van der Waals surface area contributed by atoms with Crippen LogP contribution in [0.25, 0.3) is 11.3 Å². The van der Waals surface area contributed by atoms with Crippen molar-refractivity contribution in [3.05, 3.63) is 86.8 Å². The molecule has 0 aliphatic heterocycles. The Hall–Kier alpha value is -4.51. The van der Waals surface area contributed by atoms with Crippen molar-refractivity contribution < 1.29 is 20.2 Å². The minimum Gasteiger partial charge on any atom is -0.504 e. The summed E-state index contributed by atoms with van der Waals surface area (Å²) in [5, 5.41) is 46.5. The molecular weight excluding hydrogens is 434 g/mol. The molecule has 32 heavy (non-hydrogen) atoms. The fraction of sp³-hybridized carbons (Fsp3) is 0. The molecule has 160 valence electrons. The fourth-order valence-electron chi connectivity index (χ4n) is 2.78. The van der Waals surface area contributed by atoms with Crippen molar-refractivity contribution in [2.45, 2.75) is 0 Å². The first kappa shape index (κ1) is 20.8. The van der Waals surface area contributed by atoms with Crippen molar-refractivity contribution in [3.63, 3.8) is 0 Å². The van der Waals surface area contributed by atoms with Crippen LogP contribution in [-0.2, 0) is 0 Å². The summed E-state index contributed by atoms with van der Waals surface area (Å²) in [6.45, 7) is 0. The largest absolute Gasteiger partial charge is 0.504 e. The number of nitro groups is 1. The number of benzene rings is 2. The van der Waals surface area contributed by atoms with Gasteiger partial charge in [0.15, 0.2) is 11.5 Å². The van der Waals surface area contributed by atoms with Gasteiger partial charge in [0.25, 0.3) is 5.69 Å². The molecule has 0 aliphatic rings. The van der Waals surface area contributed by atoms with E-state index in [4.69, 9.17) is 0 Å². The first-order chi connectivity index (χ1) is 15.4. The molecule has 0 unspecified atom stereocenters. The van der Waals surface area contributed by atoms with Crippen molar-refractivity contribution >= 4 is 28.9 Å². The van der Waals surface area contributed by atoms with E-state index in [0.29, 0.717) is 21.7 Å². The van der Waals surface area contributed by atoms with E-state index in [-0.39, 0.29) is 11.3 Å². The van der Waals surface area contributed by atoms with Crippen molar-refractivity contribution in [2.24, 2.45) is 10.1 Å². The average Bonchev–Trinajstić information content (AvgIpc) is 3.20. The smallest absolute Gasteiger partial charge is 0.269 e. The number of phenolic OH excluding ortho intramolecular Hbond substituents is 3. The molecule has 2 heterocycles. The van der Waals surface area contributed by atoms with Gasteiger partial charge in [0, 0.05) is 34.8 Å². The molecule has 0 spiro atoms. The van der Waals surface area contributed by atoms with E-state index >= 15 is 0 Å². The third-order valence-electron chi connectivity index (χ3n) is 4.40. The topological polar surface area (TPSA) is 146 Å². The van der Waals surface area contributed by atoms with E-state index < -0.39 is 22.2 Å². The van der Waals surface area contributed by atoms with Gasteiger partial charge in [-0.05, 0) is 36.4 Å². The number of pyridine rings is 1. The van der Waals surface area contributed by atoms with Gasteiger partial charge in [-0.2, -0.15) is 5.10 Å². The van der Waals surface area contributed by atoms with Crippen molar-refractivity contribution in [1.29, 1.82) is 0 Å². The Morgan fingerprint density at radius 3 is 2.53 bits per heavy atom. The Kier molecular flexibility index (Phi) is 5.64. The summed E-state index contributed by atoms with van der Waals surface area (Å²) in [5.41, 5.74) is 1.99. The maximum absolute atomic E-state index is 11.0. The molecule has 11 heteroatoms. The van der Waals surface area contributed by atoms with Crippen LogP contribution in [0.15, 0.2) is 76.4 Å². The Balaban J connectivity index is 1.84. The number of nitrogens with zero attached hydrogens (tertiary/aromatic N) is 5. The second-order valence-corrected chi connectivity index (χ2v) is 7.29. The first-order valence-corrected chi connectivity index (χ1v) is 10.0. The number of hydrogen-bond donors (Lipinski definition) is 3. The van der Waals surface area contributed by atoms with Gasteiger partial charge in [-0.1, -0.05) is 0 Å². The summed E-state index contributed by atoms with van der Waals surface area (Å²) in [4.78, 5) is 19.5. The highest BCUT2D eigenvalue weighted by atomic mass is 32.1. The average molecular weight is 449 g/mol. The van der Waals surface area contributed by atoms with Crippen molar-refractivity contribution in [1.82, 2.24) is 9.66 Å². The maximum Gasteiger partial charge on any atom is 0.269 e. The van der Waals surface area contributed by atoms with Gasteiger partial charge < -0.3 is 15.3 Å². The molecule has 0 radical (unpaired) electrons. The first-order valence-electron chi connectivity index (χ1n) is 9.12. The van der Waals surface area contributed by atoms with Gasteiger partial charge in [-0.15, -0.1) is 11.3 Å². The van der Waals surface area contributed by atoms with Crippen LogP contribution in [0, 0.1) is 10.1 Å². The SMILES string of the molecule is O=[N+]([O-])c1ccc(-c2csc(=Nc3cccnc3)n2N=Cc2ccc(O)c(O)c2O)cc1. The Labute approximate surface area is 184 Å². The number of rotatable bonds is 5. The lowest BCUT2D eigenvalue weighted by atomic mass is 10.1. The summed E-state index contributed by atoms with van der Waals surface area (Å²) in [7, 11) is 0. The quantitative estimate of drug-likeness (QED) is 0.183.